The molecule has 0 fully saturated rings. The quantitative estimate of drug-likeness (QED) is 0.455. The van der Waals surface area contributed by atoms with Crippen LogP contribution in [0.1, 0.15) is 12.5 Å². The molecule has 0 aliphatic rings. The number of carbonyl (C=O) groups excluding carboxylic acids is 1. The van der Waals surface area contributed by atoms with Crippen LogP contribution in [0.15, 0.2) is 61.1 Å². The average molecular weight is 421 g/mol. The minimum atomic E-state index is -0.588. The fourth-order valence-corrected chi connectivity index (χ4v) is 3.44. The summed E-state index contributed by atoms with van der Waals surface area (Å²) < 4.78 is 2.01. The van der Waals surface area contributed by atoms with Crippen molar-refractivity contribution in [2.45, 2.75) is 13.8 Å². The van der Waals surface area contributed by atoms with Crippen LogP contribution >= 0.6 is 11.6 Å². The number of carbonyl (C=O) groups is 1. The van der Waals surface area contributed by atoms with Crippen molar-refractivity contribution >= 4 is 34.5 Å². The van der Waals surface area contributed by atoms with E-state index in [1.54, 1.807) is 0 Å². The smallest absolute Gasteiger partial charge is 0.333 e. The lowest BCUT2D eigenvalue weighted by molar-refractivity contribution is 0.220. The summed E-state index contributed by atoms with van der Waals surface area (Å²) in [6.07, 6.45) is 3.48. The molecule has 0 aliphatic heterocycles. The largest absolute Gasteiger partial charge is 0.350 e. The molecule has 2 amide bonds. The van der Waals surface area contributed by atoms with Gasteiger partial charge in [-0.15, -0.1) is 0 Å². The lowest BCUT2D eigenvalue weighted by Crippen LogP contribution is -2.40. The molecule has 8 heteroatoms. The minimum absolute atomic E-state index is 0.385. The predicted molar refractivity (Wildman–Crippen MR) is 120 cm³/mol. The second-order valence-electron chi connectivity index (χ2n) is 6.87. The second-order valence-corrected chi connectivity index (χ2v) is 7.31. The standard InChI is InChI=1S/C22H21ClN6O/c1-3-29(22(24)30)27-20-19-18(15-6-8-16(23)9-7-15)12-28(21(19)26-13-25-20)17-10-4-14(2)5-11-17/h4-13H,3H2,1-2H3,(H2,24,30)(H,25,26,27). The van der Waals surface area contributed by atoms with Gasteiger partial charge in [-0.3, -0.25) is 5.43 Å². The number of halogens is 1. The van der Waals surface area contributed by atoms with Gasteiger partial charge in [0, 0.05) is 29.0 Å². The maximum Gasteiger partial charge on any atom is 0.333 e. The van der Waals surface area contributed by atoms with Gasteiger partial charge in [-0.2, -0.15) is 0 Å². The number of hydrazine groups is 1. The number of anilines is 1. The lowest BCUT2D eigenvalue weighted by atomic mass is 10.1. The van der Waals surface area contributed by atoms with E-state index < -0.39 is 6.03 Å². The number of nitrogens with zero attached hydrogens (tertiary/aromatic N) is 4. The van der Waals surface area contributed by atoms with Crippen molar-refractivity contribution in [3.8, 4) is 16.8 Å². The number of aryl methyl sites for hydroxylation is 1. The van der Waals surface area contributed by atoms with Crippen LogP contribution in [0.25, 0.3) is 27.8 Å². The number of primary amides is 1. The zero-order chi connectivity index (χ0) is 21.3. The number of nitrogens with one attached hydrogen (secondary N) is 1. The second kappa shape index (κ2) is 8.04. The minimum Gasteiger partial charge on any atom is -0.350 e. The molecular formula is C22H21ClN6O. The van der Waals surface area contributed by atoms with Gasteiger partial charge in [0.05, 0.1) is 5.39 Å². The van der Waals surface area contributed by atoms with Gasteiger partial charge in [0.1, 0.15) is 6.33 Å². The molecule has 4 aromatic rings. The maximum absolute atomic E-state index is 11.7. The highest BCUT2D eigenvalue weighted by atomic mass is 35.5. The number of hydrogen-bond acceptors (Lipinski definition) is 4. The normalized spacial score (nSPS) is 10.9. The highest BCUT2D eigenvalue weighted by Crippen LogP contribution is 2.36. The Morgan fingerprint density at radius 2 is 1.83 bits per heavy atom. The first-order valence-electron chi connectivity index (χ1n) is 9.50. The fraction of sp³-hybridized carbons (Fsp3) is 0.136. The maximum atomic E-state index is 11.7. The van der Waals surface area contributed by atoms with Gasteiger partial charge < -0.3 is 10.3 Å². The van der Waals surface area contributed by atoms with E-state index in [0.29, 0.717) is 23.0 Å². The summed E-state index contributed by atoms with van der Waals surface area (Å²) in [6, 6.07) is 15.2. The third-order valence-electron chi connectivity index (χ3n) is 4.87. The van der Waals surface area contributed by atoms with Crippen molar-refractivity contribution in [3.63, 3.8) is 0 Å². The Balaban J connectivity index is 1.96. The number of rotatable bonds is 5. The van der Waals surface area contributed by atoms with Crippen LogP contribution in [0.3, 0.4) is 0 Å². The van der Waals surface area contributed by atoms with Crippen LogP contribution in [0.5, 0.6) is 0 Å². The highest BCUT2D eigenvalue weighted by molar-refractivity contribution is 6.30. The molecule has 0 saturated carbocycles. The third-order valence-corrected chi connectivity index (χ3v) is 5.13. The molecule has 2 aromatic heterocycles. The monoisotopic (exact) mass is 420 g/mol. The molecular weight excluding hydrogens is 400 g/mol. The van der Waals surface area contributed by atoms with E-state index in [1.807, 2.05) is 61.0 Å². The Hall–Kier alpha value is -3.58. The number of hydrogen-bond donors (Lipinski definition) is 2. The molecule has 4 rings (SSSR count). The van der Waals surface area contributed by atoms with Gasteiger partial charge in [0.2, 0.25) is 0 Å². The van der Waals surface area contributed by atoms with Crippen LogP contribution in [-0.2, 0) is 0 Å². The molecule has 3 N–H and O–H groups in total. The first kappa shape index (κ1) is 19.7. The van der Waals surface area contributed by atoms with Crippen molar-refractivity contribution in [2.75, 3.05) is 12.0 Å². The van der Waals surface area contributed by atoms with Crippen molar-refractivity contribution in [2.24, 2.45) is 5.73 Å². The van der Waals surface area contributed by atoms with Gasteiger partial charge in [-0.1, -0.05) is 41.4 Å². The summed E-state index contributed by atoms with van der Waals surface area (Å²) in [7, 11) is 0. The average Bonchev–Trinajstić information content (AvgIpc) is 3.13. The van der Waals surface area contributed by atoms with E-state index in [1.165, 1.54) is 16.9 Å². The SMILES string of the molecule is CCN(Nc1ncnc2c1c(-c1ccc(Cl)cc1)cn2-c1ccc(C)cc1)C(N)=O. The number of aromatic nitrogens is 3. The van der Waals surface area contributed by atoms with Crippen molar-refractivity contribution in [1.29, 1.82) is 0 Å². The zero-order valence-electron chi connectivity index (χ0n) is 16.6. The highest BCUT2D eigenvalue weighted by Gasteiger charge is 2.19. The molecule has 7 nitrogen and oxygen atoms in total. The van der Waals surface area contributed by atoms with Crippen LogP contribution in [0.4, 0.5) is 10.6 Å². The van der Waals surface area contributed by atoms with Gasteiger partial charge in [0.15, 0.2) is 11.5 Å². The number of fused-ring (bicyclic) bond motifs is 1. The van der Waals surface area contributed by atoms with Crippen molar-refractivity contribution < 1.29 is 4.79 Å². The van der Waals surface area contributed by atoms with Crippen molar-refractivity contribution in [3.05, 3.63) is 71.6 Å². The Bertz CT molecular complexity index is 1200. The van der Waals surface area contributed by atoms with Crippen molar-refractivity contribution in [1.82, 2.24) is 19.5 Å². The summed E-state index contributed by atoms with van der Waals surface area (Å²) in [5, 5.41) is 2.73. The number of nitrogens with two attached hydrogens (primary N) is 1. The number of urea groups is 1. The van der Waals surface area contributed by atoms with E-state index in [9.17, 15) is 4.79 Å². The number of benzene rings is 2. The lowest BCUT2D eigenvalue weighted by Gasteiger charge is -2.20. The number of amides is 2. The van der Waals surface area contributed by atoms with Gasteiger partial charge in [-0.05, 0) is 43.7 Å². The summed E-state index contributed by atoms with van der Waals surface area (Å²) in [6.45, 7) is 4.26. The molecule has 0 spiro atoms. The first-order chi connectivity index (χ1) is 14.5. The zero-order valence-corrected chi connectivity index (χ0v) is 17.4. The van der Waals surface area contributed by atoms with Gasteiger partial charge in [0.25, 0.3) is 0 Å². The third kappa shape index (κ3) is 3.67. The molecule has 0 saturated heterocycles. The Morgan fingerprint density at radius 1 is 1.13 bits per heavy atom. The molecule has 30 heavy (non-hydrogen) atoms. The van der Waals surface area contributed by atoms with E-state index in [2.05, 4.69) is 27.5 Å². The van der Waals surface area contributed by atoms with Gasteiger partial charge in [-0.25, -0.2) is 19.8 Å². The molecule has 0 unspecified atom stereocenters. The van der Waals surface area contributed by atoms with E-state index in [4.69, 9.17) is 17.3 Å². The topological polar surface area (TPSA) is 89.1 Å². The summed E-state index contributed by atoms with van der Waals surface area (Å²) in [4.78, 5) is 20.7. The van der Waals surface area contributed by atoms with Crippen LogP contribution < -0.4 is 11.2 Å². The predicted octanol–water partition coefficient (Wildman–Crippen LogP) is 4.78. The summed E-state index contributed by atoms with van der Waals surface area (Å²) in [5.74, 6) is 0.497. The first-order valence-corrected chi connectivity index (χ1v) is 9.88. The fourth-order valence-electron chi connectivity index (χ4n) is 3.31. The summed E-state index contributed by atoms with van der Waals surface area (Å²) >= 11 is 6.09. The molecule has 2 aromatic carbocycles. The Kier molecular flexibility index (Phi) is 5.29. The van der Waals surface area contributed by atoms with Crippen LogP contribution in [0.2, 0.25) is 5.02 Å². The molecule has 0 radical (unpaired) electrons. The van der Waals surface area contributed by atoms with E-state index >= 15 is 0 Å². The molecule has 152 valence electrons. The van der Waals surface area contributed by atoms with Crippen LogP contribution in [-0.4, -0.2) is 32.1 Å². The van der Waals surface area contributed by atoms with Crippen LogP contribution in [0, 0.1) is 6.92 Å². The Morgan fingerprint density at radius 3 is 2.47 bits per heavy atom. The van der Waals surface area contributed by atoms with Gasteiger partial charge >= 0.3 is 6.03 Å². The van der Waals surface area contributed by atoms with E-state index in [-0.39, 0.29) is 0 Å². The molecule has 0 atom stereocenters. The molecule has 2 heterocycles. The van der Waals surface area contributed by atoms with E-state index in [0.717, 1.165) is 22.2 Å². The molecule has 0 bridgehead atoms. The summed E-state index contributed by atoms with van der Waals surface area (Å²) in [5.41, 5.74) is 13.2. The Labute approximate surface area is 179 Å². The molecule has 0 aliphatic carbocycles.